The summed E-state index contributed by atoms with van der Waals surface area (Å²) < 4.78 is 0. The van der Waals surface area contributed by atoms with Crippen molar-refractivity contribution in [1.29, 1.82) is 0 Å². The van der Waals surface area contributed by atoms with Crippen LogP contribution in [0.25, 0.3) is 10.7 Å². The molecule has 0 aliphatic carbocycles. The highest BCUT2D eigenvalue weighted by Gasteiger charge is 2.09. The Morgan fingerprint density at radius 1 is 1.30 bits per heavy atom. The number of rotatable bonds is 4. The van der Waals surface area contributed by atoms with Gasteiger partial charge in [0, 0.05) is 12.1 Å². The Hall–Kier alpha value is -2.61. The fourth-order valence-electron chi connectivity index (χ4n) is 1.75. The van der Waals surface area contributed by atoms with E-state index in [0.29, 0.717) is 12.4 Å². The Balaban J connectivity index is 1.81. The molecule has 1 aromatic carbocycles. The predicted octanol–water partition coefficient (Wildman–Crippen LogP) is 2.36. The average molecular weight is 287 g/mol. The molecule has 0 radical (unpaired) electrons. The Bertz CT molecular complexity index is 738. The summed E-state index contributed by atoms with van der Waals surface area (Å²) in [4.78, 5) is 12.7. The quantitative estimate of drug-likeness (QED) is 0.543. The molecule has 100 valence electrons. The third-order valence-electron chi connectivity index (χ3n) is 2.64. The number of non-ortho nitro benzene ring substituents is 1. The fourth-order valence-corrected chi connectivity index (χ4v) is 2.39. The molecule has 8 heteroatoms. The van der Waals surface area contributed by atoms with Gasteiger partial charge in [0.15, 0.2) is 0 Å². The molecule has 0 unspecified atom stereocenters. The largest absolute Gasteiger partial charge is 0.269 e. The molecule has 3 rings (SSSR count). The van der Waals surface area contributed by atoms with Gasteiger partial charge in [0.05, 0.1) is 16.3 Å². The second-order valence-electron chi connectivity index (χ2n) is 4.05. The van der Waals surface area contributed by atoms with Crippen molar-refractivity contribution in [3.8, 4) is 10.7 Å². The maximum atomic E-state index is 10.7. The first-order valence-corrected chi connectivity index (χ1v) is 6.65. The van der Waals surface area contributed by atoms with Crippen LogP contribution in [-0.4, -0.2) is 25.1 Å². The van der Waals surface area contributed by atoms with E-state index < -0.39 is 4.92 Å². The van der Waals surface area contributed by atoms with E-state index in [9.17, 15) is 10.1 Å². The molecule has 0 atom stereocenters. The molecule has 0 saturated heterocycles. The Morgan fingerprint density at radius 2 is 2.20 bits per heavy atom. The van der Waals surface area contributed by atoms with Crippen molar-refractivity contribution in [1.82, 2.24) is 20.2 Å². The summed E-state index contributed by atoms with van der Waals surface area (Å²) in [6, 6.07) is 10.2. The van der Waals surface area contributed by atoms with E-state index in [2.05, 4.69) is 15.4 Å². The Kier molecular flexibility index (Phi) is 3.21. The molecule has 0 aliphatic rings. The molecular weight excluding hydrogens is 278 g/mol. The summed E-state index contributed by atoms with van der Waals surface area (Å²) >= 11 is 1.53. The molecule has 0 saturated carbocycles. The van der Waals surface area contributed by atoms with Crippen LogP contribution in [0.2, 0.25) is 0 Å². The monoisotopic (exact) mass is 287 g/mol. The molecule has 20 heavy (non-hydrogen) atoms. The van der Waals surface area contributed by atoms with Crippen molar-refractivity contribution in [3.05, 3.63) is 57.5 Å². The Morgan fingerprint density at radius 3 is 2.95 bits per heavy atom. The van der Waals surface area contributed by atoms with Crippen LogP contribution in [0.5, 0.6) is 0 Å². The summed E-state index contributed by atoms with van der Waals surface area (Å²) in [5.74, 6) is 0.561. The smallest absolute Gasteiger partial charge is 0.258 e. The Labute approximate surface area is 117 Å². The van der Waals surface area contributed by atoms with Crippen LogP contribution < -0.4 is 0 Å². The van der Waals surface area contributed by atoms with Gasteiger partial charge in [-0.05, 0) is 22.2 Å². The SMILES string of the molecule is O=[N+]([O-])c1cccc(Cn2nnc(-c3cccs3)n2)c1. The van der Waals surface area contributed by atoms with Gasteiger partial charge in [0.2, 0.25) is 5.82 Å². The first-order valence-electron chi connectivity index (χ1n) is 5.77. The third kappa shape index (κ3) is 2.54. The fraction of sp³-hybridized carbons (Fsp3) is 0.0833. The van der Waals surface area contributed by atoms with Crippen molar-refractivity contribution in [2.75, 3.05) is 0 Å². The number of benzene rings is 1. The van der Waals surface area contributed by atoms with Crippen molar-refractivity contribution < 1.29 is 4.92 Å². The van der Waals surface area contributed by atoms with E-state index in [1.165, 1.54) is 28.3 Å². The maximum Gasteiger partial charge on any atom is 0.269 e. The molecule has 0 N–H and O–H groups in total. The molecular formula is C12H9N5O2S. The van der Waals surface area contributed by atoms with Gasteiger partial charge >= 0.3 is 0 Å². The van der Waals surface area contributed by atoms with Gasteiger partial charge in [0.1, 0.15) is 0 Å². The lowest BCUT2D eigenvalue weighted by molar-refractivity contribution is -0.384. The van der Waals surface area contributed by atoms with E-state index in [1.807, 2.05) is 17.5 Å². The molecule has 0 amide bonds. The lowest BCUT2D eigenvalue weighted by atomic mass is 10.2. The zero-order valence-electron chi connectivity index (χ0n) is 10.2. The minimum atomic E-state index is -0.421. The molecule has 0 fully saturated rings. The van der Waals surface area contributed by atoms with Gasteiger partial charge in [-0.2, -0.15) is 4.80 Å². The van der Waals surface area contributed by atoms with Crippen LogP contribution >= 0.6 is 11.3 Å². The number of hydrogen-bond acceptors (Lipinski definition) is 6. The standard InChI is InChI=1S/C12H9N5O2S/c18-17(19)10-4-1-3-9(7-10)8-16-14-12(13-15-16)11-5-2-6-20-11/h1-7H,8H2. The molecule has 0 spiro atoms. The topological polar surface area (TPSA) is 86.7 Å². The maximum absolute atomic E-state index is 10.7. The normalized spacial score (nSPS) is 10.6. The third-order valence-corrected chi connectivity index (χ3v) is 3.51. The number of tetrazole rings is 1. The van der Waals surface area contributed by atoms with Crippen molar-refractivity contribution in [2.24, 2.45) is 0 Å². The van der Waals surface area contributed by atoms with Gasteiger partial charge in [0.25, 0.3) is 5.69 Å². The lowest BCUT2D eigenvalue weighted by Crippen LogP contribution is -2.04. The highest BCUT2D eigenvalue weighted by Crippen LogP contribution is 2.20. The van der Waals surface area contributed by atoms with Gasteiger partial charge < -0.3 is 0 Å². The average Bonchev–Trinajstić information content (AvgIpc) is 3.09. The summed E-state index contributed by atoms with van der Waals surface area (Å²) in [6.07, 6.45) is 0. The van der Waals surface area contributed by atoms with Crippen LogP contribution in [0.1, 0.15) is 5.56 Å². The molecule has 0 aliphatic heterocycles. The molecule has 0 bridgehead atoms. The first kappa shape index (κ1) is 12.4. The van der Waals surface area contributed by atoms with Gasteiger partial charge in [-0.3, -0.25) is 10.1 Å². The highest BCUT2D eigenvalue weighted by molar-refractivity contribution is 7.13. The summed E-state index contributed by atoms with van der Waals surface area (Å²) in [5, 5.41) is 24.8. The van der Waals surface area contributed by atoms with Crippen molar-refractivity contribution in [3.63, 3.8) is 0 Å². The highest BCUT2D eigenvalue weighted by atomic mass is 32.1. The van der Waals surface area contributed by atoms with E-state index in [-0.39, 0.29) is 5.69 Å². The molecule has 2 aromatic heterocycles. The molecule has 7 nitrogen and oxygen atoms in total. The summed E-state index contributed by atoms with van der Waals surface area (Å²) in [5.41, 5.74) is 0.815. The zero-order chi connectivity index (χ0) is 13.9. The zero-order valence-corrected chi connectivity index (χ0v) is 11.0. The van der Waals surface area contributed by atoms with Crippen LogP contribution in [-0.2, 0) is 6.54 Å². The lowest BCUT2D eigenvalue weighted by Gasteiger charge is -1.99. The number of nitro benzene ring substituents is 1. The van der Waals surface area contributed by atoms with Gasteiger partial charge in [-0.25, -0.2) is 0 Å². The second-order valence-corrected chi connectivity index (χ2v) is 5.00. The van der Waals surface area contributed by atoms with Crippen LogP contribution in [0.15, 0.2) is 41.8 Å². The van der Waals surface area contributed by atoms with E-state index in [0.717, 1.165) is 10.4 Å². The van der Waals surface area contributed by atoms with Crippen LogP contribution in [0.3, 0.4) is 0 Å². The number of nitro groups is 1. The van der Waals surface area contributed by atoms with Gasteiger partial charge in [-0.15, -0.1) is 21.5 Å². The number of hydrogen-bond donors (Lipinski definition) is 0. The molecule has 2 heterocycles. The molecule has 3 aromatic rings. The van der Waals surface area contributed by atoms with E-state index >= 15 is 0 Å². The number of aromatic nitrogens is 4. The van der Waals surface area contributed by atoms with Gasteiger partial charge in [-0.1, -0.05) is 18.2 Å². The van der Waals surface area contributed by atoms with Crippen molar-refractivity contribution >= 4 is 17.0 Å². The summed E-state index contributed by atoms with van der Waals surface area (Å²) in [6.45, 7) is 0.347. The van der Waals surface area contributed by atoms with E-state index in [1.54, 1.807) is 12.1 Å². The minimum absolute atomic E-state index is 0.0566. The second kappa shape index (κ2) is 5.17. The van der Waals surface area contributed by atoms with E-state index in [4.69, 9.17) is 0 Å². The minimum Gasteiger partial charge on any atom is -0.258 e. The van der Waals surface area contributed by atoms with Crippen LogP contribution in [0, 0.1) is 10.1 Å². The summed E-state index contributed by atoms with van der Waals surface area (Å²) in [7, 11) is 0. The predicted molar refractivity (Wildman–Crippen MR) is 73.3 cm³/mol. The van der Waals surface area contributed by atoms with Crippen molar-refractivity contribution in [2.45, 2.75) is 6.54 Å². The number of thiophene rings is 1. The van der Waals surface area contributed by atoms with Crippen LogP contribution in [0.4, 0.5) is 5.69 Å². The first-order chi connectivity index (χ1) is 9.72. The number of nitrogens with zero attached hydrogens (tertiary/aromatic N) is 5.